The lowest BCUT2D eigenvalue weighted by atomic mass is 9.82. The van der Waals surface area contributed by atoms with Gasteiger partial charge in [0, 0.05) is 22.1 Å². The first-order valence-corrected chi connectivity index (χ1v) is 22.9. The number of hydrogen-bond donors (Lipinski definition) is 0. The first-order valence-electron chi connectivity index (χ1n) is 22.9. The van der Waals surface area contributed by atoms with Crippen molar-refractivity contribution in [3.8, 4) is 67.5 Å². The summed E-state index contributed by atoms with van der Waals surface area (Å²) in [4.78, 5) is 16.0. The molecule has 0 saturated carbocycles. The van der Waals surface area contributed by atoms with E-state index in [1.165, 1.54) is 82.4 Å². The maximum Gasteiger partial charge on any atom is 0.164 e. The molecule has 310 valence electrons. The predicted octanol–water partition coefficient (Wildman–Crippen LogP) is 16.6. The summed E-state index contributed by atoms with van der Waals surface area (Å²) in [6.45, 7) is 4.64. The Balaban J connectivity index is 0.980. The standard InChI is InChI=1S/C63H43N3/c1-63(2)57-24-14-13-23-52(57)53-31-30-46(38-58(53)63)61-64-60(65-62(66-61)55-34-33-48(39-15-5-3-6-16-39)50-21-7-4-8-22-51(50)55)45-28-26-41-35-44(27-25-42(41)36-45)59-49-20-12-10-18-43(49)37-56-47-19-11-9-17-40(47)29-32-54(56)59/h3,5-38H,4H2,1-2H3. The van der Waals surface area contributed by atoms with Crippen LogP contribution in [0.25, 0.3) is 123 Å². The molecule has 3 nitrogen and oxygen atoms in total. The molecule has 0 atom stereocenters. The molecular formula is C63H43N3. The molecule has 1 heterocycles. The quantitative estimate of drug-likeness (QED) is 0.128. The van der Waals surface area contributed by atoms with Crippen LogP contribution in [0.5, 0.6) is 0 Å². The average molecular weight is 842 g/mol. The van der Waals surface area contributed by atoms with Crippen LogP contribution in [0.1, 0.15) is 42.5 Å². The fourth-order valence-corrected chi connectivity index (χ4v) is 10.8. The van der Waals surface area contributed by atoms with Gasteiger partial charge in [-0.25, -0.2) is 15.0 Å². The summed E-state index contributed by atoms with van der Waals surface area (Å²) in [7, 11) is 0. The van der Waals surface area contributed by atoms with Crippen molar-refractivity contribution in [2.24, 2.45) is 0 Å². The lowest BCUT2D eigenvalue weighted by molar-refractivity contribution is 0.660. The zero-order chi connectivity index (χ0) is 43.9. The second-order valence-electron chi connectivity index (χ2n) is 18.3. The van der Waals surface area contributed by atoms with Gasteiger partial charge in [-0.2, -0.15) is 0 Å². The van der Waals surface area contributed by atoms with Gasteiger partial charge in [-0.05, 0) is 135 Å². The minimum absolute atomic E-state index is 0.161. The van der Waals surface area contributed by atoms with Crippen LogP contribution < -0.4 is 0 Å². The highest BCUT2D eigenvalue weighted by Gasteiger charge is 2.35. The van der Waals surface area contributed by atoms with Crippen LogP contribution in [0.2, 0.25) is 0 Å². The summed E-state index contributed by atoms with van der Waals surface area (Å²) < 4.78 is 0. The Bertz CT molecular complexity index is 3870. The van der Waals surface area contributed by atoms with Crippen LogP contribution in [-0.4, -0.2) is 15.0 Å². The lowest BCUT2D eigenvalue weighted by Crippen LogP contribution is -2.15. The highest BCUT2D eigenvalue weighted by Crippen LogP contribution is 2.50. The molecule has 2 aliphatic carbocycles. The number of benzene rings is 10. The van der Waals surface area contributed by atoms with E-state index in [0.29, 0.717) is 17.5 Å². The van der Waals surface area contributed by atoms with Crippen molar-refractivity contribution in [1.29, 1.82) is 0 Å². The SMILES string of the molecule is CC1(C)c2ccccc2-c2ccc(-c3nc(-c4ccc5cc(-c6c7ccccc7cc7c6ccc6ccccc67)ccc5c4)nc(-c4ccc(-c5ccccc5)c5c4C=CCC=C5)n3)cc21. The van der Waals surface area contributed by atoms with Crippen LogP contribution in [0, 0.1) is 0 Å². The summed E-state index contributed by atoms with van der Waals surface area (Å²) in [6, 6.07) is 68.4. The molecule has 13 rings (SSSR count). The first-order chi connectivity index (χ1) is 32.5. The van der Waals surface area contributed by atoms with Gasteiger partial charge < -0.3 is 0 Å². The van der Waals surface area contributed by atoms with Gasteiger partial charge in [-0.3, -0.25) is 0 Å². The van der Waals surface area contributed by atoms with Crippen molar-refractivity contribution in [2.45, 2.75) is 25.7 Å². The second-order valence-corrected chi connectivity index (χ2v) is 18.3. The molecule has 1 aromatic heterocycles. The van der Waals surface area contributed by atoms with E-state index in [1.807, 2.05) is 0 Å². The van der Waals surface area contributed by atoms with Gasteiger partial charge in [0.15, 0.2) is 17.5 Å². The normalized spacial score (nSPS) is 13.5. The van der Waals surface area contributed by atoms with Gasteiger partial charge in [-0.1, -0.05) is 196 Å². The van der Waals surface area contributed by atoms with Gasteiger partial charge in [0.2, 0.25) is 0 Å². The summed E-state index contributed by atoms with van der Waals surface area (Å²) in [5.41, 5.74) is 15.0. The predicted molar refractivity (Wildman–Crippen MR) is 277 cm³/mol. The fraction of sp³-hybridized carbons (Fsp3) is 0.0635. The Morgan fingerprint density at radius 2 is 0.924 bits per heavy atom. The second kappa shape index (κ2) is 14.9. The van der Waals surface area contributed by atoms with E-state index in [2.05, 4.69) is 226 Å². The first kappa shape index (κ1) is 38.2. The Kier molecular flexibility index (Phi) is 8.63. The summed E-state index contributed by atoms with van der Waals surface area (Å²) in [5, 5.41) is 9.82. The minimum atomic E-state index is -0.161. The van der Waals surface area contributed by atoms with Crippen LogP contribution in [-0.2, 0) is 5.41 Å². The zero-order valence-corrected chi connectivity index (χ0v) is 36.8. The Labute approximate surface area is 384 Å². The molecule has 3 heteroatoms. The number of nitrogens with zero attached hydrogens (tertiary/aromatic N) is 3. The summed E-state index contributed by atoms with van der Waals surface area (Å²) in [6.07, 6.45) is 9.81. The van der Waals surface area contributed by atoms with Crippen molar-refractivity contribution in [3.63, 3.8) is 0 Å². The van der Waals surface area contributed by atoms with E-state index in [4.69, 9.17) is 15.0 Å². The average Bonchev–Trinajstić information content (AvgIpc) is 3.48. The molecule has 0 fully saturated rings. The maximum absolute atomic E-state index is 5.36. The topological polar surface area (TPSA) is 38.7 Å². The van der Waals surface area contributed by atoms with Gasteiger partial charge in [0.1, 0.15) is 0 Å². The molecular weight excluding hydrogens is 799 g/mol. The highest BCUT2D eigenvalue weighted by atomic mass is 15.0. The van der Waals surface area contributed by atoms with Gasteiger partial charge in [0.25, 0.3) is 0 Å². The molecule has 0 aliphatic heterocycles. The van der Waals surface area contributed by atoms with Crippen molar-refractivity contribution in [2.75, 3.05) is 0 Å². The molecule has 10 aromatic carbocycles. The van der Waals surface area contributed by atoms with Crippen molar-refractivity contribution < 1.29 is 0 Å². The van der Waals surface area contributed by atoms with E-state index < -0.39 is 0 Å². The third-order valence-corrected chi connectivity index (χ3v) is 14.1. The summed E-state index contributed by atoms with van der Waals surface area (Å²) in [5.74, 6) is 1.95. The number of aromatic nitrogens is 3. The van der Waals surface area contributed by atoms with Gasteiger partial charge >= 0.3 is 0 Å². The van der Waals surface area contributed by atoms with Crippen molar-refractivity contribution in [3.05, 3.63) is 222 Å². The fourth-order valence-electron chi connectivity index (χ4n) is 10.8. The van der Waals surface area contributed by atoms with E-state index in [1.54, 1.807) is 0 Å². The number of hydrogen-bond acceptors (Lipinski definition) is 3. The zero-order valence-electron chi connectivity index (χ0n) is 36.8. The van der Waals surface area contributed by atoms with Gasteiger partial charge in [-0.15, -0.1) is 0 Å². The molecule has 66 heavy (non-hydrogen) atoms. The van der Waals surface area contributed by atoms with Crippen LogP contribution >= 0.6 is 0 Å². The van der Waals surface area contributed by atoms with E-state index in [0.717, 1.165) is 39.4 Å². The van der Waals surface area contributed by atoms with Crippen LogP contribution in [0.3, 0.4) is 0 Å². The molecule has 0 amide bonds. The molecule has 0 unspecified atom stereocenters. The van der Waals surface area contributed by atoms with Crippen LogP contribution in [0.15, 0.2) is 200 Å². The molecule has 11 aromatic rings. The summed E-state index contributed by atoms with van der Waals surface area (Å²) >= 11 is 0. The Hall–Kier alpha value is -8.27. The monoisotopic (exact) mass is 841 g/mol. The molecule has 0 N–H and O–H groups in total. The molecule has 0 saturated heterocycles. The minimum Gasteiger partial charge on any atom is -0.208 e. The highest BCUT2D eigenvalue weighted by molar-refractivity contribution is 6.20. The molecule has 0 radical (unpaired) electrons. The van der Waals surface area contributed by atoms with E-state index >= 15 is 0 Å². The third kappa shape index (κ3) is 6.08. The third-order valence-electron chi connectivity index (χ3n) is 14.1. The molecule has 0 spiro atoms. The largest absolute Gasteiger partial charge is 0.208 e. The van der Waals surface area contributed by atoms with Gasteiger partial charge in [0.05, 0.1) is 0 Å². The van der Waals surface area contributed by atoms with E-state index in [-0.39, 0.29) is 5.41 Å². The number of fused-ring (bicyclic) bond motifs is 9. The lowest BCUT2D eigenvalue weighted by Gasteiger charge is -2.22. The molecule has 2 aliphatic rings. The van der Waals surface area contributed by atoms with E-state index in [9.17, 15) is 0 Å². The maximum atomic E-state index is 5.36. The Morgan fingerprint density at radius 1 is 0.348 bits per heavy atom. The van der Waals surface area contributed by atoms with Crippen molar-refractivity contribution >= 4 is 55.2 Å². The Morgan fingerprint density at radius 3 is 1.74 bits per heavy atom. The van der Waals surface area contributed by atoms with Crippen molar-refractivity contribution in [1.82, 2.24) is 15.0 Å². The smallest absolute Gasteiger partial charge is 0.164 e. The number of allylic oxidation sites excluding steroid dienone is 2. The molecule has 0 bridgehead atoms. The number of rotatable bonds is 5. The van der Waals surface area contributed by atoms with Crippen LogP contribution in [0.4, 0.5) is 0 Å².